The average molecular weight is 252 g/mol. The molecular formula is C10H15F3N2O2. The normalized spacial score (nSPS) is 33.2. The molecule has 0 radical (unpaired) electrons. The van der Waals surface area contributed by atoms with Crippen molar-refractivity contribution in [2.75, 3.05) is 19.7 Å². The molecule has 2 heterocycles. The molecule has 0 aromatic heterocycles. The highest BCUT2D eigenvalue weighted by Gasteiger charge is 2.38. The van der Waals surface area contributed by atoms with Crippen molar-refractivity contribution in [1.29, 1.82) is 0 Å². The number of rotatable bonds is 2. The molecule has 2 aliphatic rings. The molecule has 1 amide bonds. The largest absolute Gasteiger partial charge is 0.405 e. The summed E-state index contributed by atoms with van der Waals surface area (Å²) in [5, 5.41) is 5.05. The lowest BCUT2D eigenvalue weighted by atomic mass is 9.91. The van der Waals surface area contributed by atoms with Crippen molar-refractivity contribution in [2.24, 2.45) is 5.92 Å². The number of carbonyl (C=O) groups is 1. The molecular weight excluding hydrogens is 237 g/mol. The van der Waals surface area contributed by atoms with Crippen LogP contribution < -0.4 is 10.6 Å². The van der Waals surface area contributed by atoms with E-state index in [9.17, 15) is 18.0 Å². The average Bonchev–Trinajstić information content (AvgIpc) is 2.71. The number of carbonyl (C=O) groups excluding carboxylic acids is 1. The van der Waals surface area contributed by atoms with Crippen molar-refractivity contribution in [1.82, 2.24) is 10.6 Å². The highest BCUT2D eigenvalue weighted by Crippen LogP contribution is 2.25. The molecule has 98 valence electrons. The van der Waals surface area contributed by atoms with Gasteiger partial charge in [0.25, 0.3) is 0 Å². The van der Waals surface area contributed by atoms with Crippen LogP contribution in [0.1, 0.15) is 12.8 Å². The van der Waals surface area contributed by atoms with Gasteiger partial charge in [0.15, 0.2) is 0 Å². The van der Waals surface area contributed by atoms with Crippen molar-refractivity contribution in [2.45, 2.75) is 31.2 Å². The third-order valence-corrected chi connectivity index (χ3v) is 3.19. The molecule has 2 rings (SSSR count). The quantitative estimate of drug-likeness (QED) is 0.749. The number of alkyl halides is 3. The number of nitrogens with one attached hydrogen (secondary N) is 2. The summed E-state index contributed by atoms with van der Waals surface area (Å²) in [6.07, 6.45) is -2.99. The summed E-state index contributed by atoms with van der Waals surface area (Å²) >= 11 is 0. The van der Waals surface area contributed by atoms with Crippen LogP contribution in [0.5, 0.6) is 0 Å². The van der Waals surface area contributed by atoms with Gasteiger partial charge in [-0.2, -0.15) is 13.2 Å². The van der Waals surface area contributed by atoms with Gasteiger partial charge in [0.05, 0.1) is 12.0 Å². The lowest BCUT2D eigenvalue weighted by Gasteiger charge is -2.31. The lowest BCUT2D eigenvalue weighted by Crippen LogP contribution is -2.51. The zero-order chi connectivity index (χ0) is 12.5. The fourth-order valence-corrected chi connectivity index (χ4v) is 2.30. The molecule has 0 unspecified atom stereocenters. The van der Waals surface area contributed by atoms with Gasteiger partial charge in [-0.3, -0.25) is 4.79 Å². The van der Waals surface area contributed by atoms with Gasteiger partial charge in [0, 0.05) is 19.2 Å². The van der Waals surface area contributed by atoms with E-state index in [1.54, 1.807) is 0 Å². The molecule has 2 N–H and O–H groups in total. The molecule has 17 heavy (non-hydrogen) atoms. The minimum absolute atomic E-state index is 0.0367. The van der Waals surface area contributed by atoms with Gasteiger partial charge in [-0.15, -0.1) is 0 Å². The summed E-state index contributed by atoms with van der Waals surface area (Å²) in [5.74, 6) is -0.986. The first-order valence-electron chi connectivity index (χ1n) is 5.65. The van der Waals surface area contributed by atoms with E-state index >= 15 is 0 Å². The van der Waals surface area contributed by atoms with Crippen LogP contribution >= 0.6 is 0 Å². The maximum absolute atomic E-state index is 11.9. The van der Waals surface area contributed by atoms with Gasteiger partial charge in [0.2, 0.25) is 5.91 Å². The van der Waals surface area contributed by atoms with Crippen molar-refractivity contribution in [3.8, 4) is 0 Å². The number of hydrogen-bond donors (Lipinski definition) is 2. The molecule has 7 heteroatoms. The standard InChI is InChI=1S/C10H15F3N2O2/c11-10(12,13)5-15-9(16)6-3-8-7(14-4-6)1-2-17-8/h6-8,14H,1-5H2,(H,15,16)/t6-,7+,8+/m0/s1. The predicted octanol–water partition coefficient (Wildman–Crippen LogP) is 0.432. The Hall–Kier alpha value is -0.820. The number of amides is 1. The van der Waals surface area contributed by atoms with Crippen molar-refractivity contribution in [3.05, 3.63) is 0 Å². The summed E-state index contributed by atoms with van der Waals surface area (Å²) in [6, 6.07) is 0.252. The zero-order valence-electron chi connectivity index (χ0n) is 9.22. The van der Waals surface area contributed by atoms with Crippen LogP contribution in [0.2, 0.25) is 0 Å². The van der Waals surface area contributed by atoms with E-state index in [1.807, 2.05) is 5.32 Å². The maximum atomic E-state index is 11.9. The van der Waals surface area contributed by atoms with Crippen LogP contribution in [0.4, 0.5) is 13.2 Å². The van der Waals surface area contributed by atoms with Gasteiger partial charge in [-0.05, 0) is 12.8 Å². The number of halogens is 3. The molecule has 0 aromatic rings. The first kappa shape index (κ1) is 12.6. The van der Waals surface area contributed by atoms with Crippen LogP contribution in [0, 0.1) is 5.92 Å². The number of piperidine rings is 1. The van der Waals surface area contributed by atoms with E-state index in [0.717, 1.165) is 6.42 Å². The van der Waals surface area contributed by atoms with Gasteiger partial charge < -0.3 is 15.4 Å². The van der Waals surface area contributed by atoms with Gasteiger partial charge >= 0.3 is 6.18 Å². The lowest BCUT2D eigenvalue weighted by molar-refractivity contribution is -0.141. The summed E-state index contributed by atoms with van der Waals surface area (Å²) in [7, 11) is 0. The topological polar surface area (TPSA) is 50.4 Å². The Balaban J connectivity index is 1.80. The van der Waals surface area contributed by atoms with Crippen LogP contribution in [-0.4, -0.2) is 43.9 Å². The van der Waals surface area contributed by atoms with E-state index in [-0.39, 0.29) is 12.1 Å². The Morgan fingerprint density at radius 2 is 2.24 bits per heavy atom. The van der Waals surface area contributed by atoms with Gasteiger partial charge in [0.1, 0.15) is 6.54 Å². The van der Waals surface area contributed by atoms with Crippen molar-refractivity contribution in [3.63, 3.8) is 0 Å². The molecule has 2 fully saturated rings. The number of ether oxygens (including phenoxy) is 1. The molecule has 0 aliphatic carbocycles. The van der Waals surface area contributed by atoms with E-state index < -0.39 is 24.5 Å². The van der Waals surface area contributed by atoms with Gasteiger partial charge in [-0.1, -0.05) is 0 Å². The highest BCUT2D eigenvalue weighted by molar-refractivity contribution is 5.79. The van der Waals surface area contributed by atoms with E-state index in [2.05, 4.69) is 5.32 Å². The second-order valence-electron chi connectivity index (χ2n) is 4.48. The van der Waals surface area contributed by atoms with Crippen molar-refractivity contribution < 1.29 is 22.7 Å². The molecule has 4 nitrogen and oxygen atoms in total. The number of fused-ring (bicyclic) bond motifs is 1. The third kappa shape index (κ3) is 3.32. The highest BCUT2D eigenvalue weighted by atomic mass is 19.4. The fraction of sp³-hybridized carbons (Fsp3) is 0.900. The monoisotopic (exact) mass is 252 g/mol. The molecule has 0 saturated carbocycles. The molecule has 2 saturated heterocycles. The predicted molar refractivity (Wildman–Crippen MR) is 53.3 cm³/mol. The maximum Gasteiger partial charge on any atom is 0.405 e. The summed E-state index contributed by atoms with van der Waals surface area (Å²) in [5.41, 5.74) is 0. The molecule has 3 atom stereocenters. The Morgan fingerprint density at radius 1 is 1.47 bits per heavy atom. The first-order chi connectivity index (χ1) is 7.96. The fourth-order valence-electron chi connectivity index (χ4n) is 2.30. The van der Waals surface area contributed by atoms with Crippen LogP contribution in [-0.2, 0) is 9.53 Å². The van der Waals surface area contributed by atoms with Gasteiger partial charge in [-0.25, -0.2) is 0 Å². The molecule has 2 aliphatic heterocycles. The Kier molecular flexibility index (Phi) is 3.58. The SMILES string of the molecule is O=C(NCC(F)(F)F)[C@@H]1CN[C@@H]2CCO[C@@H]2C1. The van der Waals surface area contributed by atoms with Crippen molar-refractivity contribution >= 4 is 5.91 Å². The summed E-state index contributed by atoms with van der Waals surface area (Å²) in [4.78, 5) is 11.5. The minimum Gasteiger partial charge on any atom is -0.377 e. The van der Waals surface area contributed by atoms with E-state index in [1.165, 1.54) is 0 Å². The van der Waals surface area contributed by atoms with E-state index in [0.29, 0.717) is 19.6 Å². The second kappa shape index (κ2) is 4.81. The Labute approximate surface area is 96.9 Å². The van der Waals surface area contributed by atoms with Crippen LogP contribution in [0.25, 0.3) is 0 Å². The zero-order valence-corrected chi connectivity index (χ0v) is 9.22. The Bertz CT molecular complexity index is 296. The first-order valence-corrected chi connectivity index (χ1v) is 5.65. The summed E-state index contributed by atoms with van der Waals surface area (Å²) < 4.78 is 41.2. The second-order valence-corrected chi connectivity index (χ2v) is 4.48. The number of hydrogen-bond acceptors (Lipinski definition) is 3. The molecule has 0 bridgehead atoms. The van der Waals surface area contributed by atoms with E-state index in [4.69, 9.17) is 4.74 Å². The summed E-state index contributed by atoms with van der Waals surface area (Å²) in [6.45, 7) is -0.190. The molecule has 0 aromatic carbocycles. The molecule has 0 spiro atoms. The van der Waals surface area contributed by atoms with Crippen LogP contribution in [0.3, 0.4) is 0 Å². The minimum atomic E-state index is -4.36. The smallest absolute Gasteiger partial charge is 0.377 e. The third-order valence-electron chi connectivity index (χ3n) is 3.19. The van der Waals surface area contributed by atoms with Crippen LogP contribution in [0.15, 0.2) is 0 Å². The Morgan fingerprint density at radius 3 is 2.94 bits per heavy atom.